The zero-order chi connectivity index (χ0) is 16.4. The van der Waals surface area contributed by atoms with Crippen molar-refractivity contribution in [2.45, 2.75) is 25.8 Å². The highest BCUT2D eigenvalue weighted by Gasteiger charge is 2.23. The molecule has 0 aliphatic carbocycles. The average molecular weight is 312 g/mol. The summed E-state index contributed by atoms with van der Waals surface area (Å²) < 4.78 is 0. The normalized spacial score (nSPS) is 18.8. The number of hydrogen-bond donors (Lipinski definition) is 1. The molecular formula is C18H24N4O. The van der Waals surface area contributed by atoms with Crippen LogP contribution in [0.4, 0.5) is 5.82 Å². The van der Waals surface area contributed by atoms with E-state index in [1.54, 1.807) is 6.07 Å². The Kier molecular flexibility index (Phi) is 4.48. The maximum absolute atomic E-state index is 10.0. The molecule has 0 spiro atoms. The Morgan fingerprint density at radius 3 is 2.74 bits per heavy atom. The third-order valence-electron chi connectivity index (χ3n) is 4.64. The second-order valence-electron chi connectivity index (χ2n) is 6.42. The van der Waals surface area contributed by atoms with Crippen LogP contribution in [0.5, 0.6) is 5.75 Å². The Hall–Kier alpha value is -2.14. The smallest absolute Gasteiger partial charge is 0.151 e. The maximum Gasteiger partial charge on any atom is 0.151 e. The molecule has 1 N–H and O–H groups in total. The van der Waals surface area contributed by atoms with Crippen LogP contribution in [0, 0.1) is 6.92 Å². The van der Waals surface area contributed by atoms with Crippen LogP contribution in [0.25, 0.3) is 11.3 Å². The van der Waals surface area contributed by atoms with Gasteiger partial charge in [-0.25, -0.2) is 0 Å². The second kappa shape index (κ2) is 6.54. The van der Waals surface area contributed by atoms with Crippen molar-refractivity contribution in [3.63, 3.8) is 0 Å². The fourth-order valence-electron chi connectivity index (χ4n) is 3.23. The first-order chi connectivity index (χ1) is 11.1. The Morgan fingerprint density at radius 2 is 2.04 bits per heavy atom. The van der Waals surface area contributed by atoms with E-state index in [9.17, 15) is 5.11 Å². The number of phenolic OH excluding ortho intramolecular Hbond substituents is 1. The number of nitrogens with zero attached hydrogens (tertiary/aromatic N) is 4. The highest BCUT2D eigenvalue weighted by atomic mass is 16.3. The van der Waals surface area contributed by atoms with Gasteiger partial charge >= 0.3 is 0 Å². The van der Waals surface area contributed by atoms with Gasteiger partial charge in [0, 0.05) is 25.2 Å². The van der Waals surface area contributed by atoms with Crippen LogP contribution in [0.3, 0.4) is 0 Å². The quantitative estimate of drug-likeness (QED) is 0.944. The Balaban J connectivity index is 1.86. The SMILES string of the molecule is Cc1cc(N(C)[C@@H]2CCCN(C)C2)nnc1-c1ccccc1O. The first-order valence-corrected chi connectivity index (χ1v) is 8.10. The number of piperidine rings is 1. The standard InChI is InChI=1S/C18H24N4O/c1-13-11-17(22(3)14-7-6-10-21(2)12-14)19-20-18(13)15-8-4-5-9-16(15)23/h4-5,8-9,11,14,23H,6-7,10,12H2,1-3H3/t14-/m1/s1. The molecule has 1 atom stereocenters. The van der Waals surface area contributed by atoms with Gasteiger partial charge in [-0.3, -0.25) is 0 Å². The van der Waals surface area contributed by atoms with Gasteiger partial charge in [-0.1, -0.05) is 12.1 Å². The summed E-state index contributed by atoms with van der Waals surface area (Å²) >= 11 is 0. The van der Waals surface area contributed by atoms with E-state index in [1.807, 2.05) is 25.1 Å². The molecule has 5 nitrogen and oxygen atoms in total. The van der Waals surface area contributed by atoms with Gasteiger partial charge in [-0.2, -0.15) is 0 Å². The fourth-order valence-corrected chi connectivity index (χ4v) is 3.23. The third-order valence-corrected chi connectivity index (χ3v) is 4.64. The number of aromatic nitrogens is 2. The lowest BCUT2D eigenvalue weighted by atomic mass is 10.0. The van der Waals surface area contributed by atoms with Crippen LogP contribution >= 0.6 is 0 Å². The van der Waals surface area contributed by atoms with Crippen molar-refractivity contribution in [3.8, 4) is 17.0 Å². The topological polar surface area (TPSA) is 52.5 Å². The van der Waals surface area contributed by atoms with Crippen LogP contribution in [-0.4, -0.2) is 53.4 Å². The molecule has 1 aromatic carbocycles. The van der Waals surface area contributed by atoms with Gasteiger partial charge < -0.3 is 14.9 Å². The van der Waals surface area contributed by atoms with E-state index in [2.05, 4.69) is 40.2 Å². The van der Waals surface area contributed by atoms with Crippen LogP contribution in [-0.2, 0) is 0 Å². The molecule has 1 saturated heterocycles. The summed E-state index contributed by atoms with van der Waals surface area (Å²) in [6.07, 6.45) is 2.40. The molecule has 1 aliphatic heterocycles. The number of para-hydroxylation sites is 1. The number of aryl methyl sites for hydroxylation is 1. The van der Waals surface area contributed by atoms with Gasteiger partial charge in [0.15, 0.2) is 5.82 Å². The number of anilines is 1. The Bertz CT molecular complexity index is 688. The molecule has 1 aliphatic rings. The van der Waals surface area contributed by atoms with Gasteiger partial charge in [0.1, 0.15) is 5.75 Å². The molecule has 0 bridgehead atoms. The van der Waals surface area contributed by atoms with Crippen LogP contribution in [0.2, 0.25) is 0 Å². The largest absolute Gasteiger partial charge is 0.507 e. The van der Waals surface area contributed by atoms with Crippen LogP contribution in [0.1, 0.15) is 18.4 Å². The van der Waals surface area contributed by atoms with E-state index < -0.39 is 0 Å². The number of likely N-dealkylation sites (N-methyl/N-ethyl adjacent to an activating group) is 2. The van der Waals surface area contributed by atoms with Crippen molar-refractivity contribution in [2.24, 2.45) is 0 Å². The molecule has 1 fully saturated rings. The predicted molar refractivity (Wildman–Crippen MR) is 92.8 cm³/mol. The minimum absolute atomic E-state index is 0.236. The molecule has 0 saturated carbocycles. The number of benzene rings is 1. The number of likely N-dealkylation sites (tertiary alicyclic amines) is 1. The number of phenols is 1. The van der Waals surface area contributed by atoms with Crippen LogP contribution in [0.15, 0.2) is 30.3 Å². The summed E-state index contributed by atoms with van der Waals surface area (Å²) in [5, 5.41) is 18.8. The molecule has 1 aromatic heterocycles. The van der Waals surface area contributed by atoms with E-state index in [0.717, 1.165) is 29.2 Å². The summed E-state index contributed by atoms with van der Waals surface area (Å²) in [5.74, 6) is 1.13. The summed E-state index contributed by atoms with van der Waals surface area (Å²) in [6.45, 7) is 4.24. The minimum atomic E-state index is 0.236. The first kappa shape index (κ1) is 15.7. The van der Waals surface area contributed by atoms with Gasteiger partial charge in [0.25, 0.3) is 0 Å². The summed E-state index contributed by atoms with van der Waals surface area (Å²) in [6, 6.07) is 9.78. The van der Waals surface area contributed by atoms with Crippen molar-refractivity contribution in [2.75, 3.05) is 32.1 Å². The zero-order valence-electron chi connectivity index (χ0n) is 14.0. The lowest BCUT2D eigenvalue weighted by molar-refractivity contribution is 0.247. The zero-order valence-corrected chi connectivity index (χ0v) is 14.0. The van der Waals surface area contributed by atoms with Crippen molar-refractivity contribution in [1.29, 1.82) is 0 Å². The lowest BCUT2D eigenvalue weighted by Crippen LogP contribution is -2.45. The lowest BCUT2D eigenvalue weighted by Gasteiger charge is -2.36. The van der Waals surface area contributed by atoms with E-state index >= 15 is 0 Å². The highest BCUT2D eigenvalue weighted by Crippen LogP contribution is 2.30. The molecular weight excluding hydrogens is 288 g/mol. The van der Waals surface area contributed by atoms with Crippen molar-refractivity contribution >= 4 is 5.82 Å². The Labute approximate surface area is 137 Å². The van der Waals surface area contributed by atoms with Crippen molar-refractivity contribution in [1.82, 2.24) is 15.1 Å². The number of rotatable bonds is 3. The highest BCUT2D eigenvalue weighted by molar-refractivity contribution is 5.69. The predicted octanol–water partition coefficient (Wildman–Crippen LogP) is 2.69. The summed E-state index contributed by atoms with van der Waals surface area (Å²) in [4.78, 5) is 4.59. The molecule has 0 radical (unpaired) electrons. The molecule has 0 unspecified atom stereocenters. The molecule has 2 aromatic rings. The summed E-state index contributed by atoms with van der Waals surface area (Å²) in [7, 11) is 4.26. The second-order valence-corrected chi connectivity index (χ2v) is 6.42. The van der Waals surface area contributed by atoms with Gasteiger partial charge in [0.05, 0.1) is 5.69 Å². The molecule has 23 heavy (non-hydrogen) atoms. The van der Waals surface area contributed by atoms with Crippen molar-refractivity contribution < 1.29 is 5.11 Å². The minimum Gasteiger partial charge on any atom is -0.507 e. The monoisotopic (exact) mass is 312 g/mol. The van der Waals surface area contributed by atoms with E-state index in [0.29, 0.717) is 6.04 Å². The average Bonchev–Trinajstić information content (AvgIpc) is 2.55. The summed E-state index contributed by atoms with van der Waals surface area (Å²) in [5.41, 5.74) is 2.48. The van der Waals surface area contributed by atoms with E-state index in [-0.39, 0.29) is 5.75 Å². The molecule has 0 amide bonds. The first-order valence-electron chi connectivity index (χ1n) is 8.10. The van der Waals surface area contributed by atoms with Crippen LogP contribution < -0.4 is 4.90 Å². The molecule has 5 heteroatoms. The van der Waals surface area contributed by atoms with Gasteiger partial charge in [-0.15, -0.1) is 10.2 Å². The van der Waals surface area contributed by atoms with Crippen molar-refractivity contribution in [3.05, 3.63) is 35.9 Å². The number of aromatic hydroxyl groups is 1. The van der Waals surface area contributed by atoms with Gasteiger partial charge in [-0.05, 0) is 57.1 Å². The Morgan fingerprint density at radius 1 is 1.26 bits per heavy atom. The van der Waals surface area contributed by atoms with Gasteiger partial charge in [0.2, 0.25) is 0 Å². The molecule has 2 heterocycles. The third kappa shape index (κ3) is 3.29. The van der Waals surface area contributed by atoms with E-state index in [4.69, 9.17) is 0 Å². The maximum atomic E-state index is 10.0. The molecule has 122 valence electrons. The number of hydrogen-bond acceptors (Lipinski definition) is 5. The fraction of sp³-hybridized carbons (Fsp3) is 0.444. The molecule has 3 rings (SSSR count). The van der Waals surface area contributed by atoms with E-state index in [1.165, 1.54) is 19.4 Å².